The van der Waals surface area contributed by atoms with Gasteiger partial charge in [-0.1, -0.05) is 70.2 Å². The number of aryl methyl sites for hydroxylation is 1. The van der Waals surface area contributed by atoms with E-state index in [2.05, 4.69) is 46.7 Å². The molecule has 2 saturated heterocycles. The number of ether oxygens (including phenoxy) is 2. The average Bonchev–Trinajstić information content (AvgIpc) is 3.82. The molecule has 5 heterocycles. The van der Waals surface area contributed by atoms with Gasteiger partial charge < -0.3 is 35.0 Å². The maximum atomic E-state index is 14.8. The van der Waals surface area contributed by atoms with Crippen LogP contribution in [0.4, 0.5) is 0 Å². The van der Waals surface area contributed by atoms with Gasteiger partial charge in [-0.3, -0.25) is 19.2 Å². The molecule has 68 heavy (non-hydrogen) atoms. The molecule has 1 aromatic carbocycles. The van der Waals surface area contributed by atoms with Crippen molar-refractivity contribution in [2.75, 3.05) is 26.2 Å². The Balaban J connectivity index is 0.855. The molecule has 5 aliphatic rings. The molecule has 3 saturated carbocycles. The van der Waals surface area contributed by atoms with Gasteiger partial charge in [0.2, 0.25) is 23.6 Å². The smallest absolute Gasteiger partial charge is 0.248 e. The molecule has 4 amide bonds. The SMILES string of the molecule is Cc1nnn(CCNC(=O)[C@@H]2C[C@@H](O)CN2C(=O)[C@@H](n2cc(C3CC3O[C@@H]3C[C@@H](C(=O)NC4CC(COc5ccccc5)C4)N(C(=O)[C@@H](n4cc(C5CC5)nn4)C(C)(C)C)C3)nn2)C(C)(C)C)n1. The molecule has 3 aromatic heterocycles. The molecular formula is C47H66N14O7. The van der Waals surface area contributed by atoms with Crippen LogP contribution < -0.4 is 15.4 Å². The van der Waals surface area contributed by atoms with Crippen molar-refractivity contribution in [1.82, 2.24) is 70.6 Å². The highest BCUT2D eigenvalue weighted by molar-refractivity contribution is 5.91. The number of hydrogen-bond acceptors (Lipinski definition) is 14. The van der Waals surface area contributed by atoms with Crippen molar-refractivity contribution in [3.63, 3.8) is 0 Å². The number of para-hydroxylation sites is 1. The lowest BCUT2D eigenvalue weighted by atomic mass is 9.80. The molecule has 366 valence electrons. The highest BCUT2D eigenvalue weighted by Crippen LogP contribution is 2.46. The number of nitrogens with one attached hydrogen (secondary N) is 2. The number of aliphatic hydroxyl groups is 1. The summed E-state index contributed by atoms with van der Waals surface area (Å²) in [4.78, 5) is 61.5. The zero-order chi connectivity index (χ0) is 48.1. The third kappa shape index (κ3) is 10.6. The summed E-state index contributed by atoms with van der Waals surface area (Å²) in [6, 6.07) is 6.55. The number of carbonyl (C=O) groups excluding carboxylic acids is 4. The van der Waals surface area contributed by atoms with Crippen molar-refractivity contribution in [3.05, 3.63) is 59.9 Å². The second-order valence-corrected chi connectivity index (χ2v) is 21.7. The normalized spacial score (nSPS) is 26.8. The van der Waals surface area contributed by atoms with Crippen molar-refractivity contribution >= 4 is 23.6 Å². The van der Waals surface area contributed by atoms with E-state index in [0.29, 0.717) is 49.3 Å². The minimum atomic E-state index is -0.874. The van der Waals surface area contributed by atoms with Crippen LogP contribution >= 0.6 is 0 Å². The van der Waals surface area contributed by atoms with Crippen LogP contribution in [0.5, 0.6) is 5.75 Å². The topological polar surface area (TPSA) is 243 Å². The van der Waals surface area contributed by atoms with Crippen LogP contribution in [0, 0.1) is 23.7 Å². The largest absolute Gasteiger partial charge is 0.493 e. The maximum Gasteiger partial charge on any atom is 0.248 e. The number of amides is 4. The zero-order valence-corrected chi connectivity index (χ0v) is 40.1. The first kappa shape index (κ1) is 47.2. The maximum absolute atomic E-state index is 14.8. The Morgan fingerprint density at radius 3 is 2.04 bits per heavy atom. The van der Waals surface area contributed by atoms with E-state index in [1.807, 2.05) is 78.1 Å². The van der Waals surface area contributed by atoms with Crippen LogP contribution in [0.15, 0.2) is 42.7 Å². The van der Waals surface area contributed by atoms with Crippen molar-refractivity contribution in [3.8, 4) is 5.75 Å². The van der Waals surface area contributed by atoms with Crippen LogP contribution in [0.2, 0.25) is 0 Å². The number of likely N-dealkylation sites (tertiary alicyclic amines) is 2. The second kappa shape index (κ2) is 18.9. The molecule has 0 bridgehead atoms. The number of β-amino-alcohol motifs (C(OH)–C–C–N with tert-alkyl or cyclic N) is 1. The predicted octanol–water partition coefficient (Wildman–Crippen LogP) is 2.51. The Kier molecular flexibility index (Phi) is 13.2. The summed E-state index contributed by atoms with van der Waals surface area (Å²) >= 11 is 0. The fourth-order valence-electron chi connectivity index (χ4n) is 10.1. The fourth-order valence-corrected chi connectivity index (χ4v) is 10.1. The van der Waals surface area contributed by atoms with Crippen LogP contribution in [-0.4, -0.2) is 151 Å². The number of aliphatic hydroxyl groups excluding tert-OH is 1. The molecule has 21 heteroatoms. The summed E-state index contributed by atoms with van der Waals surface area (Å²) < 4.78 is 15.9. The summed E-state index contributed by atoms with van der Waals surface area (Å²) in [5.41, 5.74) is 0.366. The van der Waals surface area contributed by atoms with Gasteiger partial charge in [-0.15, -0.1) is 20.4 Å². The molecule has 8 atom stereocenters. The van der Waals surface area contributed by atoms with Gasteiger partial charge in [0.05, 0.1) is 42.9 Å². The van der Waals surface area contributed by atoms with E-state index in [1.165, 1.54) is 9.70 Å². The van der Waals surface area contributed by atoms with Gasteiger partial charge in [-0.25, -0.2) is 9.36 Å². The van der Waals surface area contributed by atoms with E-state index >= 15 is 0 Å². The number of benzene rings is 1. The summed E-state index contributed by atoms with van der Waals surface area (Å²) in [7, 11) is 0. The lowest BCUT2D eigenvalue weighted by molar-refractivity contribution is -0.144. The lowest BCUT2D eigenvalue weighted by Crippen LogP contribution is -2.54. The van der Waals surface area contributed by atoms with E-state index in [1.54, 1.807) is 27.4 Å². The van der Waals surface area contributed by atoms with Gasteiger partial charge in [-0.05, 0) is 73.1 Å². The Morgan fingerprint density at radius 2 is 1.41 bits per heavy atom. The van der Waals surface area contributed by atoms with E-state index in [-0.39, 0.29) is 67.7 Å². The van der Waals surface area contributed by atoms with E-state index in [4.69, 9.17) is 9.47 Å². The molecule has 5 fully saturated rings. The number of tetrazole rings is 1. The number of carbonyl (C=O) groups is 4. The first-order valence-electron chi connectivity index (χ1n) is 24.2. The van der Waals surface area contributed by atoms with Gasteiger partial charge in [0.1, 0.15) is 29.9 Å². The van der Waals surface area contributed by atoms with Gasteiger partial charge in [0.15, 0.2) is 5.82 Å². The number of nitrogens with zero attached hydrogens (tertiary/aromatic N) is 12. The Bertz CT molecular complexity index is 2430. The third-order valence-electron chi connectivity index (χ3n) is 13.9. The molecule has 2 aliphatic heterocycles. The van der Waals surface area contributed by atoms with Gasteiger partial charge in [0, 0.05) is 62.7 Å². The molecule has 3 N–H and O–H groups in total. The highest BCUT2D eigenvalue weighted by atomic mass is 16.5. The van der Waals surface area contributed by atoms with Crippen molar-refractivity contribution in [1.29, 1.82) is 0 Å². The number of aromatic nitrogens is 10. The first-order chi connectivity index (χ1) is 32.4. The van der Waals surface area contributed by atoms with Crippen molar-refractivity contribution < 1.29 is 33.8 Å². The highest BCUT2D eigenvalue weighted by Gasteiger charge is 2.51. The summed E-state index contributed by atoms with van der Waals surface area (Å²) in [5, 5.41) is 46.6. The molecule has 9 rings (SSSR count). The Labute approximate surface area is 396 Å². The molecule has 3 aliphatic carbocycles. The Hall–Kier alpha value is -5.83. The first-order valence-corrected chi connectivity index (χ1v) is 24.2. The quantitative estimate of drug-likeness (QED) is 0.138. The van der Waals surface area contributed by atoms with Crippen molar-refractivity contribution in [2.45, 2.75) is 160 Å². The predicted molar refractivity (Wildman–Crippen MR) is 243 cm³/mol. The number of rotatable bonds is 17. The second-order valence-electron chi connectivity index (χ2n) is 21.7. The van der Waals surface area contributed by atoms with E-state index < -0.39 is 47.2 Å². The monoisotopic (exact) mass is 939 g/mol. The summed E-state index contributed by atoms with van der Waals surface area (Å²) in [6.07, 6.45) is 6.93. The minimum Gasteiger partial charge on any atom is -0.493 e. The summed E-state index contributed by atoms with van der Waals surface area (Å²) in [6.45, 7) is 14.9. The molecule has 4 aromatic rings. The van der Waals surface area contributed by atoms with Gasteiger partial charge in [-0.2, -0.15) is 4.80 Å². The molecular weight excluding hydrogens is 873 g/mol. The fraction of sp³-hybridized carbons (Fsp3) is 0.681. The van der Waals surface area contributed by atoms with E-state index in [9.17, 15) is 24.3 Å². The molecule has 21 nitrogen and oxygen atoms in total. The Morgan fingerprint density at radius 1 is 0.779 bits per heavy atom. The number of hydrogen-bond donors (Lipinski definition) is 3. The average molecular weight is 939 g/mol. The van der Waals surface area contributed by atoms with Gasteiger partial charge in [0.25, 0.3) is 0 Å². The molecule has 0 radical (unpaired) electrons. The van der Waals surface area contributed by atoms with Crippen LogP contribution in [-0.2, 0) is 30.5 Å². The minimum absolute atomic E-state index is 0.00900. The molecule has 2 unspecified atom stereocenters. The van der Waals surface area contributed by atoms with Crippen LogP contribution in [0.1, 0.15) is 128 Å². The van der Waals surface area contributed by atoms with E-state index in [0.717, 1.165) is 37.1 Å². The van der Waals surface area contributed by atoms with Crippen LogP contribution in [0.3, 0.4) is 0 Å². The lowest BCUT2D eigenvalue weighted by Gasteiger charge is -2.38. The summed E-state index contributed by atoms with van der Waals surface area (Å²) in [5.74, 6) is 0.804. The standard InChI is InChI=1S/C47H66N14O7/c1-27-50-56-61(53-27)16-15-48-42(63)37-19-31(62)22-57(37)44(65)40(46(2,3)4)60-25-36(52-55-60)34-21-39(34)68-33-20-38(43(64)49-30-17-28(18-30)26-67-32-11-9-8-10-12-32)58(23-33)45(66)41(47(5,6)7)59-24-35(51-54-59)29-13-14-29/h8-12,24-25,28-31,33-34,37-41,62H,13-23,26H2,1-7H3,(H,48,63)(H,49,64)/t28?,30?,31-,33-,34?,37+,38+,39?,40-,41-/m1/s1. The van der Waals surface area contributed by atoms with Gasteiger partial charge >= 0.3 is 0 Å². The van der Waals surface area contributed by atoms with Crippen molar-refractivity contribution in [2.24, 2.45) is 16.7 Å². The third-order valence-corrected chi connectivity index (χ3v) is 13.9. The van der Waals surface area contributed by atoms with Crippen LogP contribution in [0.25, 0.3) is 0 Å². The molecule has 0 spiro atoms. The zero-order valence-electron chi connectivity index (χ0n) is 40.1.